The summed E-state index contributed by atoms with van der Waals surface area (Å²) < 4.78 is 28.5. The fourth-order valence-electron chi connectivity index (χ4n) is 3.21. The first kappa shape index (κ1) is 20.7. The van der Waals surface area contributed by atoms with Crippen LogP contribution in [0, 0.1) is 11.3 Å². The summed E-state index contributed by atoms with van der Waals surface area (Å²) in [7, 11) is -3.27. The molecule has 1 N–H and O–H groups in total. The van der Waals surface area contributed by atoms with Gasteiger partial charge in [-0.3, -0.25) is 0 Å². The molecule has 0 aliphatic carbocycles. The number of sulfone groups is 1. The highest BCUT2D eigenvalue weighted by Gasteiger charge is 2.36. The Hall–Kier alpha value is -3.05. The smallest absolute Gasteiger partial charge is 0.410 e. The Morgan fingerprint density at radius 2 is 1.76 bits per heavy atom. The van der Waals surface area contributed by atoms with Crippen molar-refractivity contribution in [1.82, 2.24) is 4.90 Å². The van der Waals surface area contributed by atoms with E-state index in [4.69, 9.17) is 4.74 Å². The van der Waals surface area contributed by atoms with Gasteiger partial charge in [-0.1, -0.05) is 30.3 Å². The molecule has 3 rings (SSSR count). The van der Waals surface area contributed by atoms with Crippen molar-refractivity contribution in [2.45, 2.75) is 29.9 Å². The van der Waals surface area contributed by atoms with Gasteiger partial charge in [-0.2, -0.15) is 5.26 Å². The Balaban J connectivity index is 1.57. The molecule has 2 aromatic carbocycles. The molecule has 2 aromatic rings. The van der Waals surface area contributed by atoms with Crippen molar-refractivity contribution >= 4 is 21.6 Å². The molecule has 7 nitrogen and oxygen atoms in total. The Labute approximate surface area is 170 Å². The molecule has 29 heavy (non-hydrogen) atoms. The number of hydrogen-bond donors (Lipinski definition) is 1. The van der Waals surface area contributed by atoms with Crippen LogP contribution in [0.5, 0.6) is 0 Å². The summed E-state index contributed by atoms with van der Waals surface area (Å²) in [6, 6.07) is 18.1. The largest absolute Gasteiger partial charge is 0.445 e. The topological polar surface area (TPSA) is 99.5 Å². The van der Waals surface area contributed by atoms with E-state index in [0.717, 1.165) is 11.8 Å². The second-order valence-corrected chi connectivity index (χ2v) is 9.16. The van der Waals surface area contributed by atoms with Crippen LogP contribution in [0.1, 0.15) is 18.4 Å². The molecule has 1 fully saturated rings. The van der Waals surface area contributed by atoms with Gasteiger partial charge in [-0.05, 0) is 29.8 Å². The maximum absolute atomic E-state index is 12.3. The summed E-state index contributed by atoms with van der Waals surface area (Å²) in [4.78, 5) is 14.1. The van der Waals surface area contributed by atoms with Crippen LogP contribution in [-0.2, 0) is 21.2 Å². The maximum Gasteiger partial charge on any atom is 0.410 e. The van der Waals surface area contributed by atoms with E-state index in [1.165, 1.54) is 12.1 Å². The van der Waals surface area contributed by atoms with Crippen molar-refractivity contribution in [3.05, 3.63) is 60.2 Å². The molecule has 0 radical (unpaired) electrons. The van der Waals surface area contributed by atoms with Crippen molar-refractivity contribution in [2.75, 3.05) is 24.7 Å². The first-order valence-electron chi connectivity index (χ1n) is 9.27. The van der Waals surface area contributed by atoms with Crippen LogP contribution in [0.25, 0.3) is 0 Å². The van der Waals surface area contributed by atoms with Crippen LogP contribution in [-0.4, -0.2) is 44.3 Å². The summed E-state index contributed by atoms with van der Waals surface area (Å²) in [6.07, 6.45) is 1.65. The molecule has 152 valence electrons. The summed E-state index contributed by atoms with van der Waals surface area (Å²) >= 11 is 0. The quantitative estimate of drug-likeness (QED) is 0.808. The summed E-state index contributed by atoms with van der Waals surface area (Å²) in [6.45, 7) is 1.01. The minimum atomic E-state index is -3.27. The third kappa shape index (κ3) is 5.27. The van der Waals surface area contributed by atoms with Crippen molar-refractivity contribution in [3.63, 3.8) is 0 Å². The molecule has 0 aromatic heterocycles. The summed E-state index contributed by atoms with van der Waals surface area (Å²) in [5.41, 5.74) is 0.769. The second kappa shape index (κ2) is 8.53. The highest BCUT2D eigenvalue weighted by Crippen LogP contribution is 2.27. The van der Waals surface area contributed by atoms with E-state index in [0.29, 0.717) is 31.6 Å². The van der Waals surface area contributed by atoms with Crippen molar-refractivity contribution in [2.24, 2.45) is 0 Å². The molecule has 1 heterocycles. The Morgan fingerprint density at radius 3 is 2.31 bits per heavy atom. The number of hydrogen-bond acceptors (Lipinski definition) is 6. The number of amides is 1. The summed E-state index contributed by atoms with van der Waals surface area (Å²) in [5, 5.41) is 12.9. The van der Waals surface area contributed by atoms with E-state index in [9.17, 15) is 18.5 Å². The number of nitrogens with zero attached hydrogens (tertiary/aromatic N) is 2. The van der Waals surface area contributed by atoms with E-state index in [1.807, 2.05) is 30.3 Å². The molecule has 1 saturated heterocycles. The SMILES string of the molecule is CS(=O)(=O)c1ccc(NC2(C#N)CCN(C(=O)OCc3ccccc3)CC2)cc1. The molecular weight excluding hydrogens is 390 g/mol. The monoisotopic (exact) mass is 413 g/mol. The minimum absolute atomic E-state index is 0.213. The first-order chi connectivity index (χ1) is 13.8. The van der Waals surface area contributed by atoms with Gasteiger partial charge >= 0.3 is 6.09 Å². The highest BCUT2D eigenvalue weighted by molar-refractivity contribution is 7.90. The van der Waals surface area contributed by atoms with Gasteiger partial charge in [-0.25, -0.2) is 13.2 Å². The normalized spacial score (nSPS) is 15.9. The molecule has 1 aliphatic rings. The number of carbonyl (C=O) groups excluding carboxylic acids is 1. The minimum Gasteiger partial charge on any atom is -0.445 e. The van der Waals surface area contributed by atoms with Gasteiger partial charge in [0.25, 0.3) is 0 Å². The van der Waals surface area contributed by atoms with Gasteiger partial charge in [0.05, 0.1) is 11.0 Å². The highest BCUT2D eigenvalue weighted by atomic mass is 32.2. The third-order valence-electron chi connectivity index (χ3n) is 4.96. The summed E-state index contributed by atoms with van der Waals surface area (Å²) in [5.74, 6) is 0. The zero-order chi connectivity index (χ0) is 20.9. The van der Waals surface area contributed by atoms with Crippen molar-refractivity contribution in [3.8, 4) is 6.07 Å². The maximum atomic E-state index is 12.3. The van der Waals surface area contributed by atoms with Crippen LogP contribution in [0.15, 0.2) is 59.5 Å². The van der Waals surface area contributed by atoms with E-state index >= 15 is 0 Å². The fourth-order valence-corrected chi connectivity index (χ4v) is 3.84. The number of ether oxygens (including phenoxy) is 1. The van der Waals surface area contributed by atoms with Gasteiger partial charge in [-0.15, -0.1) is 0 Å². The number of nitriles is 1. The van der Waals surface area contributed by atoms with E-state index in [1.54, 1.807) is 17.0 Å². The Bertz CT molecular complexity index is 990. The zero-order valence-corrected chi connectivity index (χ0v) is 17.0. The van der Waals surface area contributed by atoms with Gasteiger partial charge in [0.15, 0.2) is 9.84 Å². The first-order valence-corrected chi connectivity index (χ1v) is 11.2. The van der Waals surface area contributed by atoms with Crippen LogP contribution < -0.4 is 5.32 Å². The van der Waals surface area contributed by atoms with Crippen molar-refractivity contribution < 1.29 is 17.9 Å². The molecule has 8 heteroatoms. The zero-order valence-electron chi connectivity index (χ0n) is 16.2. The lowest BCUT2D eigenvalue weighted by molar-refractivity contribution is 0.0847. The average molecular weight is 413 g/mol. The molecule has 0 bridgehead atoms. The third-order valence-corrected chi connectivity index (χ3v) is 6.09. The van der Waals surface area contributed by atoms with E-state index < -0.39 is 21.5 Å². The van der Waals surface area contributed by atoms with E-state index in [2.05, 4.69) is 11.4 Å². The molecule has 0 spiro atoms. The predicted octanol–water partition coefficient (Wildman–Crippen LogP) is 3.20. The van der Waals surface area contributed by atoms with Gasteiger partial charge in [0.2, 0.25) is 0 Å². The number of nitrogens with one attached hydrogen (secondary N) is 1. The van der Waals surface area contributed by atoms with E-state index in [-0.39, 0.29) is 11.5 Å². The lowest BCUT2D eigenvalue weighted by Gasteiger charge is -2.37. The number of carbonyl (C=O) groups is 1. The predicted molar refractivity (Wildman–Crippen MR) is 109 cm³/mol. The lowest BCUT2D eigenvalue weighted by Crippen LogP contribution is -2.50. The Morgan fingerprint density at radius 1 is 1.14 bits per heavy atom. The van der Waals surface area contributed by atoms with Gasteiger partial charge in [0.1, 0.15) is 12.1 Å². The number of anilines is 1. The molecule has 1 aliphatic heterocycles. The molecule has 0 unspecified atom stereocenters. The fraction of sp³-hybridized carbons (Fsp3) is 0.333. The molecular formula is C21H23N3O4S. The van der Waals surface area contributed by atoms with Gasteiger partial charge < -0.3 is 15.0 Å². The second-order valence-electron chi connectivity index (χ2n) is 7.14. The van der Waals surface area contributed by atoms with Crippen LogP contribution >= 0.6 is 0 Å². The molecule has 1 amide bonds. The van der Waals surface area contributed by atoms with Crippen LogP contribution in [0.2, 0.25) is 0 Å². The van der Waals surface area contributed by atoms with Crippen molar-refractivity contribution in [1.29, 1.82) is 5.26 Å². The molecule has 0 saturated carbocycles. The van der Waals surface area contributed by atoms with Crippen LogP contribution in [0.3, 0.4) is 0 Å². The standard InChI is InChI=1S/C21H23N3O4S/c1-29(26,27)19-9-7-18(8-10-19)23-21(16-22)11-13-24(14-12-21)20(25)28-15-17-5-3-2-4-6-17/h2-10,23H,11-15H2,1H3. The Kier molecular flexibility index (Phi) is 6.09. The van der Waals surface area contributed by atoms with Crippen LogP contribution in [0.4, 0.5) is 10.5 Å². The molecule has 0 atom stereocenters. The lowest BCUT2D eigenvalue weighted by atomic mass is 9.89. The number of benzene rings is 2. The number of piperidine rings is 1. The number of likely N-dealkylation sites (tertiary alicyclic amines) is 1. The number of rotatable bonds is 5. The average Bonchev–Trinajstić information content (AvgIpc) is 2.73. The van der Waals surface area contributed by atoms with Gasteiger partial charge in [0, 0.05) is 37.9 Å².